The molecule has 0 aliphatic rings. The molecule has 0 fully saturated rings. The fourth-order valence-electron chi connectivity index (χ4n) is 1.95. The van der Waals surface area contributed by atoms with Gasteiger partial charge in [-0.3, -0.25) is 0 Å². The molecule has 0 atom stereocenters. The third-order valence-electron chi connectivity index (χ3n) is 2.88. The largest absolute Gasteiger partial charge is 0.426 e. The van der Waals surface area contributed by atoms with Gasteiger partial charge in [-0.05, 0) is 29.5 Å². The van der Waals surface area contributed by atoms with Crippen LogP contribution in [0.5, 0.6) is 6.01 Å². The van der Waals surface area contributed by atoms with Crippen molar-refractivity contribution < 1.29 is 9.53 Å². The summed E-state index contributed by atoms with van der Waals surface area (Å²) in [6.07, 6.45) is -0.606. The Morgan fingerprint density at radius 1 is 1.00 bits per heavy atom. The van der Waals surface area contributed by atoms with Crippen LogP contribution in [0.3, 0.4) is 0 Å². The van der Waals surface area contributed by atoms with Gasteiger partial charge in [-0.2, -0.15) is 4.80 Å². The number of tetrazole rings is 1. The molecule has 0 unspecified atom stereocenters. The summed E-state index contributed by atoms with van der Waals surface area (Å²) in [5, 5.41) is 11.1. The molecule has 0 N–H and O–H groups in total. The van der Waals surface area contributed by atoms with Gasteiger partial charge in [0.25, 0.3) is 0 Å². The fraction of sp³-hybridized carbons (Fsp3) is 0.0667. The van der Waals surface area contributed by atoms with E-state index in [1.165, 1.54) is 9.70 Å². The summed E-state index contributed by atoms with van der Waals surface area (Å²) >= 11 is 0. The first-order valence-electron chi connectivity index (χ1n) is 6.60. The molecule has 7 heteroatoms. The highest BCUT2D eigenvalue weighted by Gasteiger charge is 2.21. The van der Waals surface area contributed by atoms with Crippen molar-refractivity contribution in [3.05, 3.63) is 60.7 Å². The van der Waals surface area contributed by atoms with E-state index >= 15 is 0 Å². The van der Waals surface area contributed by atoms with Gasteiger partial charge in [-0.25, -0.2) is 9.69 Å². The average molecular weight is 295 g/mol. The summed E-state index contributed by atoms with van der Waals surface area (Å²) in [5.41, 5.74) is 1.37. The first kappa shape index (κ1) is 13.7. The predicted octanol–water partition coefficient (Wildman–Crippen LogP) is 2.55. The minimum absolute atomic E-state index is 0.0932. The van der Waals surface area contributed by atoms with Crippen LogP contribution in [0.4, 0.5) is 16.2 Å². The Bertz CT molecular complexity index is 718. The summed E-state index contributed by atoms with van der Waals surface area (Å²) in [6, 6.07) is 18.3. The second-order valence-corrected chi connectivity index (χ2v) is 4.44. The Kier molecular flexibility index (Phi) is 3.78. The van der Waals surface area contributed by atoms with E-state index in [0.29, 0.717) is 11.4 Å². The van der Waals surface area contributed by atoms with Crippen LogP contribution in [0.1, 0.15) is 0 Å². The maximum absolute atomic E-state index is 12.5. The first-order valence-corrected chi connectivity index (χ1v) is 6.60. The zero-order chi connectivity index (χ0) is 15.4. The predicted molar refractivity (Wildman–Crippen MR) is 79.8 cm³/mol. The maximum atomic E-state index is 12.5. The zero-order valence-corrected chi connectivity index (χ0v) is 11.8. The lowest BCUT2D eigenvalue weighted by atomic mass is 10.2. The molecule has 0 saturated carbocycles. The number of carbonyl (C=O) groups excluding carboxylic acids is 1. The van der Waals surface area contributed by atoms with Crippen molar-refractivity contribution in [2.45, 2.75) is 0 Å². The first-order chi connectivity index (χ1) is 10.7. The number of aromatic nitrogens is 4. The third kappa shape index (κ3) is 2.93. The summed E-state index contributed by atoms with van der Waals surface area (Å²) < 4.78 is 5.19. The van der Waals surface area contributed by atoms with E-state index in [2.05, 4.69) is 15.4 Å². The molecule has 22 heavy (non-hydrogen) atoms. The molecule has 0 radical (unpaired) electrons. The van der Waals surface area contributed by atoms with Crippen molar-refractivity contribution in [2.24, 2.45) is 7.05 Å². The van der Waals surface area contributed by atoms with Gasteiger partial charge in [0.1, 0.15) is 0 Å². The molecule has 0 aliphatic carbocycles. The van der Waals surface area contributed by atoms with E-state index in [9.17, 15) is 4.79 Å². The van der Waals surface area contributed by atoms with Crippen LogP contribution in [0.15, 0.2) is 60.7 Å². The number of hydrogen-bond acceptors (Lipinski definition) is 5. The van der Waals surface area contributed by atoms with E-state index in [1.54, 1.807) is 7.05 Å². The molecule has 1 heterocycles. The summed E-state index contributed by atoms with van der Waals surface area (Å²) in [7, 11) is 1.59. The number of benzene rings is 2. The summed E-state index contributed by atoms with van der Waals surface area (Å²) in [4.78, 5) is 15.2. The molecule has 110 valence electrons. The van der Waals surface area contributed by atoms with Crippen molar-refractivity contribution in [3.63, 3.8) is 0 Å². The smallest absolute Gasteiger partial charge is 0.371 e. The fourth-order valence-corrected chi connectivity index (χ4v) is 1.95. The van der Waals surface area contributed by atoms with Gasteiger partial charge in [0.05, 0.1) is 18.4 Å². The van der Waals surface area contributed by atoms with E-state index in [1.807, 2.05) is 60.7 Å². The lowest BCUT2D eigenvalue weighted by molar-refractivity contribution is 0.206. The van der Waals surface area contributed by atoms with Crippen LogP contribution in [0, 0.1) is 0 Å². The van der Waals surface area contributed by atoms with E-state index < -0.39 is 6.09 Å². The van der Waals surface area contributed by atoms with Crippen molar-refractivity contribution in [1.29, 1.82) is 0 Å². The van der Waals surface area contributed by atoms with Crippen molar-refractivity contribution in [3.8, 4) is 6.01 Å². The number of ether oxygens (including phenoxy) is 1. The third-order valence-corrected chi connectivity index (χ3v) is 2.88. The molecule has 0 aliphatic heterocycles. The van der Waals surface area contributed by atoms with Gasteiger partial charge in [0.15, 0.2) is 0 Å². The van der Waals surface area contributed by atoms with Gasteiger partial charge in [0.2, 0.25) is 0 Å². The highest BCUT2D eigenvalue weighted by Crippen LogP contribution is 2.25. The number of rotatable bonds is 3. The standard InChI is InChI=1S/C15H13N5O2/c1-19-17-14(16-18-19)22-15(21)20(12-8-4-2-5-9-12)13-10-6-3-7-11-13/h2-11H,1H3. The molecule has 3 aromatic rings. The maximum Gasteiger partial charge on any atom is 0.426 e. The monoisotopic (exact) mass is 295 g/mol. The number of para-hydroxylation sites is 2. The van der Waals surface area contributed by atoms with Crippen molar-refractivity contribution in [1.82, 2.24) is 20.2 Å². The Labute approximate surface area is 126 Å². The van der Waals surface area contributed by atoms with E-state index in [0.717, 1.165) is 0 Å². The van der Waals surface area contributed by atoms with E-state index in [-0.39, 0.29) is 6.01 Å². The van der Waals surface area contributed by atoms with Crippen LogP contribution in [-0.2, 0) is 7.05 Å². The number of anilines is 2. The lowest BCUT2D eigenvalue weighted by Gasteiger charge is -2.21. The number of hydrogen-bond donors (Lipinski definition) is 0. The molecular weight excluding hydrogens is 282 g/mol. The molecule has 3 rings (SSSR count). The lowest BCUT2D eigenvalue weighted by Crippen LogP contribution is -2.29. The Hall–Kier alpha value is -3.22. The summed E-state index contributed by atoms with van der Waals surface area (Å²) in [5.74, 6) is 0. The molecule has 0 spiro atoms. The topological polar surface area (TPSA) is 73.1 Å². The van der Waals surface area contributed by atoms with Gasteiger partial charge >= 0.3 is 12.1 Å². The molecular formula is C15H13N5O2. The Morgan fingerprint density at radius 3 is 2.00 bits per heavy atom. The van der Waals surface area contributed by atoms with Gasteiger partial charge in [0, 0.05) is 0 Å². The summed E-state index contributed by atoms with van der Waals surface area (Å²) in [6.45, 7) is 0. The molecule has 1 amide bonds. The number of aryl methyl sites for hydroxylation is 1. The van der Waals surface area contributed by atoms with Crippen LogP contribution < -0.4 is 9.64 Å². The van der Waals surface area contributed by atoms with Gasteiger partial charge in [-0.1, -0.05) is 46.6 Å². The zero-order valence-electron chi connectivity index (χ0n) is 11.8. The Morgan fingerprint density at radius 2 is 1.55 bits per heavy atom. The quantitative estimate of drug-likeness (QED) is 0.742. The van der Waals surface area contributed by atoms with Crippen LogP contribution >= 0.6 is 0 Å². The van der Waals surface area contributed by atoms with Crippen molar-refractivity contribution >= 4 is 17.5 Å². The van der Waals surface area contributed by atoms with Gasteiger partial charge in [-0.15, -0.1) is 0 Å². The Balaban J connectivity index is 1.93. The van der Waals surface area contributed by atoms with Crippen LogP contribution in [0.25, 0.3) is 0 Å². The van der Waals surface area contributed by atoms with Gasteiger partial charge < -0.3 is 4.74 Å². The number of amides is 1. The van der Waals surface area contributed by atoms with Crippen LogP contribution in [-0.4, -0.2) is 26.3 Å². The minimum atomic E-state index is -0.606. The molecule has 0 bridgehead atoms. The molecule has 7 nitrogen and oxygen atoms in total. The number of carbonyl (C=O) groups is 1. The number of nitrogens with zero attached hydrogens (tertiary/aromatic N) is 5. The minimum Gasteiger partial charge on any atom is -0.371 e. The average Bonchev–Trinajstić information content (AvgIpc) is 2.95. The second-order valence-electron chi connectivity index (χ2n) is 4.44. The molecule has 1 aromatic heterocycles. The molecule has 2 aromatic carbocycles. The second kappa shape index (κ2) is 6.04. The highest BCUT2D eigenvalue weighted by molar-refractivity contribution is 5.96. The van der Waals surface area contributed by atoms with Crippen LogP contribution in [0.2, 0.25) is 0 Å². The van der Waals surface area contributed by atoms with Crippen molar-refractivity contribution in [2.75, 3.05) is 4.90 Å². The highest BCUT2D eigenvalue weighted by atomic mass is 16.6. The normalized spacial score (nSPS) is 10.2. The molecule has 0 saturated heterocycles. The van der Waals surface area contributed by atoms with E-state index in [4.69, 9.17) is 4.74 Å². The SMILES string of the molecule is Cn1nnc(OC(=O)N(c2ccccc2)c2ccccc2)n1.